The maximum absolute atomic E-state index is 13.2. The van der Waals surface area contributed by atoms with E-state index >= 15 is 0 Å². The lowest BCUT2D eigenvalue weighted by Gasteiger charge is -2.71. The van der Waals surface area contributed by atoms with E-state index in [1.807, 2.05) is 0 Å². The molecule has 0 saturated heterocycles. The van der Waals surface area contributed by atoms with Crippen LogP contribution in [0.15, 0.2) is 30.6 Å². The number of carbonyl (C=O) groups is 2. The van der Waals surface area contributed by atoms with Gasteiger partial charge >= 0.3 is 6.29 Å². The van der Waals surface area contributed by atoms with Gasteiger partial charge in [-0.3, -0.25) is 9.59 Å². The van der Waals surface area contributed by atoms with Crippen LogP contribution < -0.4 is 30.0 Å². The molecule has 35 heavy (non-hydrogen) atoms. The van der Waals surface area contributed by atoms with Crippen LogP contribution in [0.5, 0.6) is 23.1 Å². The van der Waals surface area contributed by atoms with Crippen molar-refractivity contribution in [2.45, 2.75) is 43.6 Å². The minimum Gasteiger partial charge on any atom is -0.480 e. The van der Waals surface area contributed by atoms with Crippen LogP contribution in [0.4, 0.5) is 17.6 Å². The molecule has 14 heteroatoms. The number of rotatable bonds is 9. The molecule has 2 amide bonds. The van der Waals surface area contributed by atoms with Crippen LogP contribution in [0.1, 0.15) is 31.4 Å². The molecule has 2 bridgehead atoms. The summed E-state index contributed by atoms with van der Waals surface area (Å²) in [5.41, 5.74) is 3.86. The highest BCUT2D eigenvalue weighted by molar-refractivity contribution is 5.83. The van der Waals surface area contributed by atoms with Gasteiger partial charge in [-0.1, -0.05) is 0 Å². The number of nitrogens with one attached hydrogen (secondary N) is 1. The maximum atomic E-state index is 13.2. The minimum atomic E-state index is -3.78. The summed E-state index contributed by atoms with van der Waals surface area (Å²) < 4.78 is 71.1. The Labute approximate surface area is 194 Å². The van der Waals surface area contributed by atoms with Gasteiger partial charge in [0.2, 0.25) is 5.88 Å². The standard InChI is InChI=1S/C21H18F4N4O6/c22-17(23)11-4-28-15(5-27-11)32-6-14(30)29-20-7-19(8-20,9-20)16(18(26)31)33-10-1-2-12-13(3-10)35-21(24,25)34-12/h1-5,16-17H,6-9H2,(H2,26,31)(H,29,30). The molecular formula is C21H18F4N4O6. The lowest BCUT2D eigenvalue weighted by atomic mass is 9.37. The van der Waals surface area contributed by atoms with E-state index in [0.717, 1.165) is 12.4 Å². The van der Waals surface area contributed by atoms with E-state index in [4.69, 9.17) is 15.2 Å². The second-order valence-electron chi connectivity index (χ2n) is 8.77. The Morgan fingerprint density at radius 3 is 2.46 bits per heavy atom. The van der Waals surface area contributed by atoms with Crippen molar-refractivity contribution in [2.75, 3.05) is 6.61 Å². The maximum Gasteiger partial charge on any atom is 0.586 e. The zero-order chi connectivity index (χ0) is 25.0. The third-order valence-corrected chi connectivity index (χ3v) is 6.14. The van der Waals surface area contributed by atoms with Gasteiger partial charge < -0.3 is 30.0 Å². The van der Waals surface area contributed by atoms with Crippen LogP contribution in [0.3, 0.4) is 0 Å². The number of nitrogens with two attached hydrogens (primary N) is 1. The Hall–Kier alpha value is -3.84. The second kappa shape index (κ2) is 7.85. The fourth-order valence-corrected chi connectivity index (χ4v) is 4.89. The molecule has 1 aromatic heterocycles. The highest BCUT2D eigenvalue weighted by Crippen LogP contribution is 2.69. The summed E-state index contributed by atoms with van der Waals surface area (Å²) >= 11 is 0. The first-order chi connectivity index (χ1) is 16.5. The number of ether oxygens (including phenoxy) is 4. The highest BCUT2D eigenvalue weighted by atomic mass is 19.3. The molecule has 186 valence electrons. The van der Waals surface area contributed by atoms with Crippen LogP contribution in [0, 0.1) is 5.41 Å². The Morgan fingerprint density at radius 1 is 1.11 bits per heavy atom. The number of aromatic nitrogens is 2. The summed E-state index contributed by atoms with van der Waals surface area (Å²) in [6.45, 7) is -0.408. The Balaban J connectivity index is 1.14. The van der Waals surface area contributed by atoms with Crippen molar-refractivity contribution < 1.29 is 46.1 Å². The highest BCUT2D eigenvalue weighted by Gasteiger charge is 2.73. The van der Waals surface area contributed by atoms with Crippen LogP contribution >= 0.6 is 0 Å². The predicted octanol–water partition coefficient (Wildman–Crippen LogP) is 2.09. The van der Waals surface area contributed by atoms with Crippen LogP contribution in [0.25, 0.3) is 0 Å². The molecule has 3 N–H and O–H groups in total. The number of hydrogen-bond donors (Lipinski definition) is 2. The molecule has 10 nitrogen and oxygen atoms in total. The van der Waals surface area contributed by atoms with Gasteiger partial charge in [0.05, 0.1) is 12.4 Å². The smallest absolute Gasteiger partial charge is 0.480 e. The third-order valence-electron chi connectivity index (χ3n) is 6.14. The van der Waals surface area contributed by atoms with Gasteiger partial charge in [0, 0.05) is 17.0 Å². The lowest BCUT2D eigenvalue weighted by Crippen LogP contribution is -2.80. The van der Waals surface area contributed by atoms with E-state index in [0.29, 0.717) is 19.3 Å². The number of alkyl halides is 4. The van der Waals surface area contributed by atoms with Crippen molar-refractivity contribution in [1.82, 2.24) is 15.3 Å². The number of halogens is 4. The van der Waals surface area contributed by atoms with Crippen molar-refractivity contribution in [1.29, 1.82) is 0 Å². The molecule has 6 rings (SSSR count). The van der Waals surface area contributed by atoms with Crippen molar-refractivity contribution in [3.05, 3.63) is 36.3 Å². The number of hydrogen-bond acceptors (Lipinski definition) is 8. The summed E-state index contributed by atoms with van der Waals surface area (Å²) in [6, 6.07) is 3.78. The van der Waals surface area contributed by atoms with E-state index in [-0.39, 0.29) is 23.1 Å². The Morgan fingerprint density at radius 2 is 1.83 bits per heavy atom. The van der Waals surface area contributed by atoms with Crippen LogP contribution in [-0.4, -0.2) is 46.3 Å². The van der Waals surface area contributed by atoms with Gasteiger partial charge in [-0.05, 0) is 31.4 Å². The molecule has 3 fully saturated rings. The number of primary amides is 1. The average molecular weight is 498 g/mol. The molecule has 1 atom stereocenters. The van der Waals surface area contributed by atoms with Crippen molar-refractivity contribution in [2.24, 2.45) is 11.1 Å². The van der Waals surface area contributed by atoms with Gasteiger partial charge in [-0.25, -0.2) is 18.7 Å². The normalized spacial score (nSPS) is 25.7. The summed E-state index contributed by atoms with van der Waals surface area (Å²) in [5.74, 6) is -1.58. The third kappa shape index (κ3) is 4.23. The van der Waals surface area contributed by atoms with Crippen molar-refractivity contribution in [3.63, 3.8) is 0 Å². The van der Waals surface area contributed by atoms with Crippen molar-refractivity contribution in [3.8, 4) is 23.1 Å². The van der Waals surface area contributed by atoms with Crippen LogP contribution in [0.2, 0.25) is 0 Å². The first-order valence-electron chi connectivity index (χ1n) is 10.4. The molecule has 1 aromatic carbocycles. The van der Waals surface area contributed by atoms with Gasteiger partial charge in [-0.2, -0.15) is 0 Å². The minimum absolute atomic E-state index is 0.0812. The monoisotopic (exact) mass is 498 g/mol. The van der Waals surface area contributed by atoms with Gasteiger partial charge in [-0.15, -0.1) is 8.78 Å². The molecule has 4 aliphatic rings. The molecule has 0 radical (unpaired) electrons. The van der Waals surface area contributed by atoms with E-state index in [2.05, 4.69) is 24.8 Å². The van der Waals surface area contributed by atoms with E-state index in [9.17, 15) is 27.2 Å². The quantitative estimate of drug-likeness (QED) is 0.502. The van der Waals surface area contributed by atoms with Gasteiger partial charge in [0.1, 0.15) is 11.4 Å². The zero-order valence-corrected chi connectivity index (χ0v) is 17.8. The number of benzene rings is 1. The fraction of sp³-hybridized carbons (Fsp3) is 0.429. The van der Waals surface area contributed by atoms with Gasteiger partial charge in [0.25, 0.3) is 18.2 Å². The summed E-state index contributed by atoms with van der Waals surface area (Å²) in [5, 5.41) is 2.82. The summed E-state index contributed by atoms with van der Waals surface area (Å²) in [7, 11) is 0. The first kappa shape index (κ1) is 22.9. The topological polar surface area (TPSA) is 135 Å². The van der Waals surface area contributed by atoms with E-state index in [1.54, 1.807) is 0 Å². The lowest BCUT2D eigenvalue weighted by molar-refractivity contribution is -0.286. The number of nitrogens with zero attached hydrogens (tertiary/aromatic N) is 2. The number of carbonyl (C=O) groups excluding carboxylic acids is 2. The summed E-state index contributed by atoms with van der Waals surface area (Å²) in [4.78, 5) is 31.5. The largest absolute Gasteiger partial charge is 0.586 e. The fourth-order valence-electron chi connectivity index (χ4n) is 4.89. The van der Waals surface area contributed by atoms with Gasteiger partial charge in [0.15, 0.2) is 24.2 Å². The Kier molecular flexibility index (Phi) is 5.14. The molecule has 2 aromatic rings. The first-order valence-corrected chi connectivity index (χ1v) is 10.4. The number of fused-ring (bicyclic) bond motifs is 1. The molecule has 1 unspecified atom stereocenters. The number of amides is 2. The second-order valence-corrected chi connectivity index (χ2v) is 8.77. The Bertz CT molecular complexity index is 1160. The van der Waals surface area contributed by atoms with Crippen LogP contribution in [-0.2, 0) is 9.59 Å². The molecule has 3 aliphatic carbocycles. The average Bonchev–Trinajstić information content (AvgIpc) is 3.05. The SMILES string of the molecule is NC(=O)C(Oc1ccc2c(c1)OC(F)(F)O2)C12CC(NC(=O)COc3cnc(C(F)F)cn3)(C1)C2. The van der Waals surface area contributed by atoms with E-state index < -0.39 is 53.9 Å². The molecule has 3 saturated carbocycles. The molecule has 2 heterocycles. The van der Waals surface area contributed by atoms with Crippen molar-refractivity contribution >= 4 is 11.8 Å². The zero-order valence-electron chi connectivity index (χ0n) is 17.8. The summed E-state index contributed by atoms with van der Waals surface area (Å²) in [6.07, 6.45) is -4.52. The van der Waals surface area contributed by atoms with E-state index in [1.165, 1.54) is 18.2 Å². The molecule has 0 spiro atoms. The predicted molar refractivity (Wildman–Crippen MR) is 106 cm³/mol. The molecule has 1 aliphatic heterocycles. The molecular weight excluding hydrogens is 480 g/mol.